The molecule has 3 aromatic rings. The smallest absolute Gasteiger partial charge is 0.253 e. The molecule has 150 valence electrons. The number of anilines is 1. The van der Waals surface area contributed by atoms with Crippen molar-refractivity contribution in [3.8, 4) is 17.2 Å². The highest BCUT2D eigenvalue weighted by Gasteiger charge is 2.25. The van der Waals surface area contributed by atoms with Gasteiger partial charge in [-0.05, 0) is 43.3 Å². The minimum Gasteiger partial charge on any atom is -0.494 e. The molecular formula is C21H23N5O3. The lowest BCUT2D eigenvalue weighted by Gasteiger charge is -2.36. The van der Waals surface area contributed by atoms with E-state index in [-0.39, 0.29) is 5.91 Å². The van der Waals surface area contributed by atoms with Crippen molar-refractivity contribution in [1.82, 2.24) is 20.1 Å². The van der Waals surface area contributed by atoms with E-state index in [1.807, 2.05) is 48.2 Å². The highest BCUT2D eigenvalue weighted by Crippen LogP contribution is 2.28. The number of ether oxygens (including phenoxy) is 1. The van der Waals surface area contributed by atoms with Crippen LogP contribution in [0.1, 0.15) is 23.2 Å². The third-order valence-corrected chi connectivity index (χ3v) is 4.82. The number of aromatic nitrogens is 3. The molecule has 3 heterocycles. The molecular weight excluding hydrogens is 370 g/mol. The van der Waals surface area contributed by atoms with E-state index in [1.165, 1.54) is 0 Å². The van der Waals surface area contributed by atoms with Crippen molar-refractivity contribution in [2.24, 2.45) is 0 Å². The predicted octanol–water partition coefficient (Wildman–Crippen LogP) is 2.80. The fraction of sp³-hybridized carbons (Fsp3) is 0.333. The summed E-state index contributed by atoms with van der Waals surface area (Å²) in [5.41, 5.74) is 1.47. The van der Waals surface area contributed by atoms with Crippen molar-refractivity contribution in [3.05, 3.63) is 54.0 Å². The molecule has 0 saturated carbocycles. The Morgan fingerprint density at radius 1 is 1.10 bits per heavy atom. The van der Waals surface area contributed by atoms with E-state index in [9.17, 15) is 4.79 Å². The number of aryl methyl sites for hydroxylation is 1. The molecule has 2 aromatic heterocycles. The molecule has 8 heteroatoms. The average Bonchev–Trinajstić information content (AvgIpc) is 3.20. The second-order valence-corrected chi connectivity index (χ2v) is 6.74. The van der Waals surface area contributed by atoms with Crippen LogP contribution in [0.4, 0.5) is 5.82 Å². The van der Waals surface area contributed by atoms with Gasteiger partial charge in [-0.1, -0.05) is 0 Å². The minimum atomic E-state index is 0.0291. The zero-order valence-corrected chi connectivity index (χ0v) is 16.5. The van der Waals surface area contributed by atoms with Gasteiger partial charge in [0.15, 0.2) is 0 Å². The van der Waals surface area contributed by atoms with Gasteiger partial charge in [0.1, 0.15) is 11.6 Å². The number of piperazine rings is 1. The van der Waals surface area contributed by atoms with Crippen LogP contribution in [0.15, 0.2) is 47.0 Å². The third kappa shape index (κ3) is 4.06. The van der Waals surface area contributed by atoms with E-state index in [4.69, 9.17) is 9.15 Å². The Morgan fingerprint density at radius 2 is 1.86 bits per heavy atom. The number of carbonyl (C=O) groups excluding carboxylic acids is 1. The number of pyridine rings is 1. The standard InChI is InChI=1S/C21H23N5O3/c1-3-28-17-8-6-16(7-9-17)21(27)26-13-11-25(12-14-26)19-18(5-4-10-22-19)20-24-23-15(2)29-20/h4-10H,3,11-14H2,1-2H3. The van der Waals surface area contributed by atoms with Crippen LogP contribution in [0.25, 0.3) is 11.5 Å². The summed E-state index contributed by atoms with van der Waals surface area (Å²) in [7, 11) is 0. The Morgan fingerprint density at radius 3 is 2.52 bits per heavy atom. The predicted molar refractivity (Wildman–Crippen MR) is 108 cm³/mol. The van der Waals surface area contributed by atoms with Crippen molar-refractivity contribution in [1.29, 1.82) is 0 Å². The van der Waals surface area contributed by atoms with E-state index in [0.29, 0.717) is 50.1 Å². The van der Waals surface area contributed by atoms with E-state index < -0.39 is 0 Å². The van der Waals surface area contributed by atoms with E-state index >= 15 is 0 Å². The number of nitrogens with zero attached hydrogens (tertiary/aromatic N) is 5. The molecule has 0 spiro atoms. The molecule has 1 aromatic carbocycles. The highest BCUT2D eigenvalue weighted by molar-refractivity contribution is 5.94. The molecule has 1 aliphatic rings. The first kappa shape index (κ1) is 18.9. The summed E-state index contributed by atoms with van der Waals surface area (Å²) in [5, 5.41) is 8.03. The van der Waals surface area contributed by atoms with Crippen molar-refractivity contribution < 1.29 is 13.9 Å². The topological polar surface area (TPSA) is 84.6 Å². The van der Waals surface area contributed by atoms with Crippen LogP contribution < -0.4 is 9.64 Å². The number of benzene rings is 1. The molecule has 8 nitrogen and oxygen atoms in total. The number of hydrogen-bond donors (Lipinski definition) is 0. The summed E-state index contributed by atoms with van der Waals surface area (Å²) in [6, 6.07) is 11.1. The van der Waals surface area contributed by atoms with Gasteiger partial charge in [-0.2, -0.15) is 0 Å². The maximum absolute atomic E-state index is 12.8. The summed E-state index contributed by atoms with van der Waals surface area (Å²) in [6.07, 6.45) is 1.75. The Hall–Kier alpha value is -3.42. The van der Waals surface area contributed by atoms with Crippen LogP contribution in [0.2, 0.25) is 0 Å². The molecule has 0 aliphatic carbocycles. The number of hydrogen-bond acceptors (Lipinski definition) is 7. The lowest BCUT2D eigenvalue weighted by Crippen LogP contribution is -2.49. The SMILES string of the molecule is CCOc1ccc(C(=O)N2CCN(c3ncccc3-c3nnc(C)o3)CC2)cc1. The zero-order valence-electron chi connectivity index (χ0n) is 16.5. The van der Waals surface area contributed by atoms with Crippen molar-refractivity contribution >= 4 is 11.7 Å². The summed E-state index contributed by atoms with van der Waals surface area (Å²) in [5.74, 6) is 2.57. The molecule has 0 radical (unpaired) electrons. The summed E-state index contributed by atoms with van der Waals surface area (Å²) < 4.78 is 11.0. The van der Waals surface area contributed by atoms with Crippen LogP contribution in [-0.4, -0.2) is 58.8 Å². The first-order valence-electron chi connectivity index (χ1n) is 9.68. The summed E-state index contributed by atoms with van der Waals surface area (Å²) in [4.78, 5) is 21.4. The van der Waals surface area contributed by atoms with E-state index in [1.54, 1.807) is 13.1 Å². The summed E-state index contributed by atoms with van der Waals surface area (Å²) >= 11 is 0. The summed E-state index contributed by atoms with van der Waals surface area (Å²) in [6.45, 7) is 6.90. The molecule has 1 saturated heterocycles. The average molecular weight is 393 g/mol. The van der Waals surface area contributed by atoms with Gasteiger partial charge in [-0.3, -0.25) is 4.79 Å². The fourth-order valence-electron chi connectivity index (χ4n) is 3.39. The maximum atomic E-state index is 12.8. The van der Waals surface area contributed by atoms with Gasteiger partial charge in [0.05, 0.1) is 12.2 Å². The molecule has 0 atom stereocenters. The molecule has 1 amide bonds. The molecule has 29 heavy (non-hydrogen) atoms. The maximum Gasteiger partial charge on any atom is 0.253 e. The van der Waals surface area contributed by atoms with Crippen LogP contribution in [0.3, 0.4) is 0 Å². The van der Waals surface area contributed by atoms with Gasteiger partial charge in [-0.15, -0.1) is 10.2 Å². The van der Waals surface area contributed by atoms with Crippen molar-refractivity contribution in [2.45, 2.75) is 13.8 Å². The monoisotopic (exact) mass is 393 g/mol. The molecule has 0 bridgehead atoms. The van der Waals surface area contributed by atoms with Gasteiger partial charge in [0.25, 0.3) is 11.8 Å². The van der Waals surface area contributed by atoms with Crippen LogP contribution >= 0.6 is 0 Å². The van der Waals surface area contributed by atoms with Crippen LogP contribution in [-0.2, 0) is 0 Å². The molecule has 0 unspecified atom stereocenters. The van der Waals surface area contributed by atoms with Crippen LogP contribution in [0.5, 0.6) is 5.75 Å². The van der Waals surface area contributed by atoms with Crippen molar-refractivity contribution in [3.63, 3.8) is 0 Å². The van der Waals surface area contributed by atoms with Crippen LogP contribution in [0, 0.1) is 6.92 Å². The van der Waals surface area contributed by atoms with E-state index in [2.05, 4.69) is 20.1 Å². The minimum absolute atomic E-state index is 0.0291. The highest BCUT2D eigenvalue weighted by atomic mass is 16.5. The normalized spacial score (nSPS) is 14.1. The quantitative estimate of drug-likeness (QED) is 0.659. The van der Waals surface area contributed by atoms with Gasteiger partial charge >= 0.3 is 0 Å². The second kappa shape index (κ2) is 8.30. The fourth-order valence-corrected chi connectivity index (χ4v) is 3.39. The molecule has 1 fully saturated rings. The largest absolute Gasteiger partial charge is 0.494 e. The third-order valence-electron chi connectivity index (χ3n) is 4.82. The zero-order chi connectivity index (χ0) is 20.2. The Balaban J connectivity index is 1.44. The Kier molecular flexibility index (Phi) is 5.41. The van der Waals surface area contributed by atoms with Gasteiger partial charge < -0.3 is 19.0 Å². The van der Waals surface area contributed by atoms with Gasteiger partial charge in [0.2, 0.25) is 5.89 Å². The number of carbonyl (C=O) groups is 1. The van der Waals surface area contributed by atoms with Gasteiger partial charge in [-0.25, -0.2) is 4.98 Å². The first-order valence-corrected chi connectivity index (χ1v) is 9.68. The Bertz CT molecular complexity index is 978. The number of amides is 1. The molecule has 4 rings (SSSR count). The number of rotatable bonds is 5. The molecule has 0 N–H and O–H groups in total. The lowest BCUT2D eigenvalue weighted by atomic mass is 10.1. The van der Waals surface area contributed by atoms with Crippen molar-refractivity contribution in [2.75, 3.05) is 37.7 Å². The van der Waals surface area contributed by atoms with Gasteiger partial charge in [0, 0.05) is 44.9 Å². The van der Waals surface area contributed by atoms with E-state index in [0.717, 1.165) is 17.1 Å². The second-order valence-electron chi connectivity index (χ2n) is 6.74. The lowest BCUT2D eigenvalue weighted by molar-refractivity contribution is 0.0746. The molecule has 1 aliphatic heterocycles. The first-order chi connectivity index (χ1) is 14.2. The Labute approximate surface area is 169 Å².